The van der Waals surface area contributed by atoms with Crippen LogP contribution in [0.5, 0.6) is 0 Å². The normalized spacial score (nSPS) is 10.5. The quantitative estimate of drug-likeness (QED) is 0.872. The Kier molecular flexibility index (Phi) is 3.90. The molecule has 0 saturated carbocycles. The molecule has 0 aliphatic carbocycles. The molecular formula is C13H12F2N2OS. The van der Waals surface area contributed by atoms with Crippen LogP contribution < -0.4 is 5.32 Å². The van der Waals surface area contributed by atoms with Crippen LogP contribution in [0, 0.1) is 18.6 Å². The lowest BCUT2D eigenvalue weighted by Gasteiger charge is -2.06. The van der Waals surface area contributed by atoms with E-state index in [0.29, 0.717) is 28.4 Å². The van der Waals surface area contributed by atoms with Gasteiger partial charge in [0.25, 0.3) is 0 Å². The number of rotatable bonds is 4. The third-order valence-electron chi connectivity index (χ3n) is 2.65. The molecule has 0 aliphatic heterocycles. The van der Waals surface area contributed by atoms with Crippen molar-refractivity contribution in [3.05, 3.63) is 46.7 Å². The summed E-state index contributed by atoms with van der Waals surface area (Å²) in [6.07, 6.45) is 0. The van der Waals surface area contributed by atoms with Crippen molar-refractivity contribution in [2.24, 2.45) is 0 Å². The Morgan fingerprint density at radius 2 is 2.11 bits per heavy atom. The summed E-state index contributed by atoms with van der Waals surface area (Å²) in [7, 11) is 0. The molecule has 0 atom stereocenters. The summed E-state index contributed by atoms with van der Waals surface area (Å²) < 4.78 is 29.9. The molecule has 1 aromatic carbocycles. The molecule has 2 aromatic rings. The molecule has 100 valence electrons. The highest BCUT2D eigenvalue weighted by atomic mass is 32.1. The van der Waals surface area contributed by atoms with E-state index in [1.54, 1.807) is 6.92 Å². The van der Waals surface area contributed by atoms with Crippen molar-refractivity contribution >= 4 is 22.3 Å². The van der Waals surface area contributed by atoms with Crippen molar-refractivity contribution in [1.82, 2.24) is 4.37 Å². The Balaban J connectivity index is 2.14. The van der Waals surface area contributed by atoms with Gasteiger partial charge in [-0.1, -0.05) is 6.07 Å². The Morgan fingerprint density at radius 1 is 1.37 bits per heavy atom. The maximum atomic E-state index is 13.0. The number of carbonyl (C=O) groups is 1. The fourth-order valence-corrected chi connectivity index (χ4v) is 2.58. The zero-order valence-corrected chi connectivity index (χ0v) is 11.3. The number of nitrogens with zero attached hydrogens (tertiary/aromatic N) is 1. The van der Waals surface area contributed by atoms with Crippen molar-refractivity contribution in [3.63, 3.8) is 0 Å². The van der Waals surface area contributed by atoms with Crippen LogP contribution in [0.4, 0.5) is 13.8 Å². The fraction of sp³-hybridized carbons (Fsp3) is 0.231. The van der Waals surface area contributed by atoms with E-state index in [2.05, 4.69) is 9.69 Å². The molecule has 0 amide bonds. The molecule has 1 heterocycles. The SMILES string of the molecule is CC(=O)c1c(C)nsc1NCc1ccc(F)c(F)c1. The average Bonchev–Trinajstić information content (AvgIpc) is 2.72. The summed E-state index contributed by atoms with van der Waals surface area (Å²) in [5, 5.41) is 3.67. The highest BCUT2D eigenvalue weighted by molar-refractivity contribution is 7.10. The predicted molar refractivity (Wildman–Crippen MR) is 70.5 cm³/mol. The van der Waals surface area contributed by atoms with E-state index in [1.165, 1.54) is 24.5 Å². The summed E-state index contributed by atoms with van der Waals surface area (Å²) in [5.74, 6) is -1.83. The molecular weight excluding hydrogens is 270 g/mol. The monoisotopic (exact) mass is 282 g/mol. The maximum Gasteiger partial charge on any atom is 0.164 e. The van der Waals surface area contributed by atoms with Crippen LogP contribution in [-0.4, -0.2) is 10.2 Å². The first kappa shape index (κ1) is 13.6. The molecule has 2 rings (SSSR count). The zero-order chi connectivity index (χ0) is 14.0. The summed E-state index contributed by atoms with van der Waals surface area (Å²) in [5.41, 5.74) is 1.82. The van der Waals surface area contributed by atoms with Gasteiger partial charge in [0.2, 0.25) is 0 Å². The molecule has 0 radical (unpaired) electrons. The molecule has 0 fully saturated rings. The molecule has 19 heavy (non-hydrogen) atoms. The van der Waals surface area contributed by atoms with Gasteiger partial charge < -0.3 is 5.32 Å². The largest absolute Gasteiger partial charge is 0.371 e. The Bertz CT molecular complexity index is 625. The molecule has 6 heteroatoms. The van der Waals surface area contributed by atoms with Crippen LogP contribution >= 0.6 is 11.5 Å². The number of benzene rings is 1. The number of halogens is 2. The smallest absolute Gasteiger partial charge is 0.164 e. The first-order valence-corrected chi connectivity index (χ1v) is 6.41. The first-order chi connectivity index (χ1) is 8.99. The predicted octanol–water partition coefficient (Wildman–Crippen LogP) is 3.54. The second kappa shape index (κ2) is 5.44. The number of hydrogen-bond acceptors (Lipinski definition) is 4. The Hall–Kier alpha value is -1.82. The number of Topliss-reactive ketones (excluding diaryl/α,β-unsaturated/α-hetero) is 1. The number of ketones is 1. The van der Waals surface area contributed by atoms with Gasteiger partial charge in [0.15, 0.2) is 17.4 Å². The molecule has 0 spiro atoms. The highest BCUT2D eigenvalue weighted by Crippen LogP contribution is 2.25. The number of carbonyl (C=O) groups excluding carboxylic acids is 1. The molecule has 0 unspecified atom stereocenters. The van der Waals surface area contributed by atoms with Gasteiger partial charge in [-0.15, -0.1) is 0 Å². The summed E-state index contributed by atoms with van der Waals surface area (Å²) in [6, 6.07) is 3.70. The third-order valence-corrected chi connectivity index (χ3v) is 3.55. The Labute approximate surface area is 113 Å². The van der Waals surface area contributed by atoms with Crippen molar-refractivity contribution in [2.75, 3.05) is 5.32 Å². The fourth-order valence-electron chi connectivity index (χ4n) is 1.74. The zero-order valence-electron chi connectivity index (χ0n) is 10.5. The van der Waals surface area contributed by atoms with Gasteiger partial charge in [-0.3, -0.25) is 4.79 Å². The van der Waals surface area contributed by atoms with E-state index < -0.39 is 11.6 Å². The molecule has 1 aromatic heterocycles. The Morgan fingerprint density at radius 3 is 2.74 bits per heavy atom. The second-order valence-corrected chi connectivity index (χ2v) is 4.90. The van der Waals surface area contributed by atoms with Crippen LogP contribution in [0.1, 0.15) is 28.5 Å². The highest BCUT2D eigenvalue weighted by Gasteiger charge is 2.14. The van der Waals surface area contributed by atoms with Crippen LogP contribution in [0.3, 0.4) is 0 Å². The molecule has 3 nitrogen and oxygen atoms in total. The third kappa shape index (κ3) is 2.96. The lowest BCUT2D eigenvalue weighted by Crippen LogP contribution is -2.03. The summed E-state index contributed by atoms with van der Waals surface area (Å²) in [6.45, 7) is 3.54. The minimum atomic E-state index is -0.883. The van der Waals surface area contributed by atoms with E-state index in [9.17, 15) is 13.6 Å². The minimum absolute atomic E-state index is 0.0703. The van der Waals surface area contributed by atoms with Crippen molar-refractivity contribution < 1.29 is 13.6 Å². The van der Waals surface area contributed by atoms with Gasteiger partial charge in [-0.05, 0) is 43.1 Å². The lowest BCUT2D eigenvalue weighted by molar-refractivity contribution is 0.101. The van der Waals surface area contributed by atoms with Gasteiger partial charge in [-0.2, -0.15) is 4.37 Å². The number of aromatic nitrogens is 1. The first-order valence-electron chi connectivity index (χ1n) is 5.64. The van der Waals surface area contributed by atoms with Crippen LogP contribution in [0.2, 0.25) is 0 Å². The molecule has 0 aliphatic rings. The maximum absolute atomic E-state index is 13.0. The number of anilines is 1. The van der Waals surface area contributed by atoms with Gasteiger partial charge in [0.05, 0.1) is 11.3 Å². The van der Waals surface area contributed by atoms with E-state index >= 15 is 0 Å². The van der Waals surface area contributed by atoms with E-state index in [1.807, 2.05) is 0 Å². The topological polar surface area (TPSA) is 42.0 Å². The number of hydrogen-bond donors (Lipinski definition) is 1. The van der Waals surface area contributed by atoms with E-state index in [-0.39, 0.29) is 5.78 Å². The second-order valence-electron chi connectivity index (χ2n) is 4.13. The molecule has 1 N–H and O–H groups in total. The lowest BCUT2D eigenvalue weighted by atomic mass is 10.1. The van der Waals surface area contributed by atoms with Gasteiger partial charge >= 0.3 is 0 Å². The average molecular weight is 282 g/mol. The molecule has 0 bridgehead atoms. The molecule has 0 saturated heterocycles. The van der Waals surface area contributed by atoms with Crippen LogP contribution in [-0.2, 0) is 6.54 Å². The van der Waals surface area contributed by atoms with E-state index in [0.717, 1.165) is 12.1 Å². The van der Waals surface area contributed by atoms with Crippen molar-refractivity contribution in [2.45, 2.75) is 20.4 Å². The van der Waals surface area contributed by atoms with Crippen LogP contribution in [0.15, 0.2) is 18.2 Å². The van der Waals surface area contributed by atoms with Gasteiger partial charge in [0, 0.05) is 6.54 Å². The van der Waals surface area contributed by atoms with Gasteiger partial charge in [0.1, 0.15) is 5.00 Å². The van der Waals surface area contributed by atoms with Crippen LogP contribution in [0.25, 0.3) is 0 Å². The van der Waals surface area contributed by atoms with Gasteiger partial charge in [-0.25, -0.2) is 8.78 Å². The standard InChI is InChI=1S/C13H12F2N2OS/c1-7-12(8(2)18)13(19-17-7)16-6-9-3-4-10(14)11(15)5-9/h3-5,16H,6H2,1-2H3. The summed E-state index contributed by atoms with van der Waals surface area (Å²) in [4.78, 5) is 11.5. The number of nitrogens with one attached hydrogen (secondary N) is 1. The minimum Gasteiger partial charge on any atom is -0.371 e. The summed E-state index contributed by atoms with van der Waals surface area (Å²) >= 11 is 1.18. The number of aryl methyl sites for hydroxylation is 1. The van der Waals surface area contributed by atoms with E-state index in [4.69, 9.17) is 0 Å². The van der Waals surface area contributed by atoms with Crippen molar-refractivity contribution in [1.29, 1.82) is 0 Å². The van der Waals surface area contributed by atoms with Crippen molar-refractivity contribution in [3.8, 4) is 0 Å².